The lowest BCUT2D eigenvalue weighted by Gasteiger charge is -2.19. The molecule has 2 heterocycles. The van der Waals surface area contributed by atoms with E-state index in [1.807, 2.05) is 53.8 Å². The number of nitrogens with two attached hydrogens (primary N) is 1. The van der Waals surface area contributed by atoms with Gasteiger partial charge >= 0.3 is 0 Å². The van der Waals surface area contributed by atoms with Crippen molar-refractivity contribution < 1.29 is 14.3 Å². The minimum Gasteiger partial charge on any atom is -0.364 e. The number of nitrogens with zero attached hydrogens (tertiary/aromatic N) is 2. The van der Waals surface area contributed by atoms with Crippen molar-refractivity contribution in [2.45, 2.75) is 45.4 Å². The molecule has 154 valence electrons. The molecule has 2 atom stereocenters. The van der Waals surface area contributed by atoms with Crippen molar-refractivity contribution in [1.29, 1.82) is 0 Å². The number of rotatable bonds is 7. The molecule has 0 unspecified atom stereocenters. The summed E-state index contributed by atoms with van der Waals surface area (Å²) >= 11 is 0. The minimum absolute atomic E-state index is 0. The van der Waals surface area contributed by atoms with Gasteiger partial charge in [0, 0.05) is 42.4 Å². The van der Waals surface area contributed by atoms with Crippen molar-refractivity contribution in [2.24, 2.45) is 5.73 Å². The van der Waals surface area contributed by atoms with Crippen LogP contribution in [0.15, 0.2) is 30.5 Å². The lowest BCUT2D eigenvalue weighted by Crippen LogP contribution is -2.33. The van der Waals surface area contributed by atoms with E-state index in [1.165, 1.54) is 0 Å². The summed E-state index contributed by atoms with van der Waals surface area (Å²) < 4.78 is 7.58. The molecule has 3 N–H and O–H groups in total. The molecule has 0 spiro atoms. The number of anilines is 1. The topological polar surface area (TPSA) is 89.6 Å². The number of fused-ring (bicyclic) bond motifs is 1. The molecule has 7 nitrogen and oxygen atoms in total. The molecular weight excluding hydrogens is 380 g/mol. The van der Waals surface area contributed by atoms with E-state index in [0.29, 0.717) is 32.6 Å². The Balaban J connectivity index is 0.00000280. The number of benzene rings is 1. The monoisotopic (exact) mass is 408 g/mol. The van der Waals surface area contributed by atoms with E-state index in [-0.39, 0.29) is 30.3 Å². The fraction of sp³-hybridized carbons (Fsp3) is 0.500. The van der Waals surface area contributed by atoms with Gasteiger partial charge in [-0.1, -0.05) is 0 Å². The van der Waals surface area contributed by atoms with Crippen molar-refractivity contribution in [3.63, 3.8) is 0 Å². The van der Waals surface area contributed by atoms with Gasteiger partial charge in [0.15, 0.2) is 0 Å². The predicted octanol–water partition coefficient (Wildman–Crippen LogP) is 2.38. The van der Waals surface area contributed by atoms with Crippen molar-refractivity contribution in [2.75, 3.05) is 25.0 Å². The first-order valence-electron chi connectivity index (χ1n) is 9.58. The van der Waals surface area contributed by atoms with E-state index < -0.39 is 6.10 Å². The Morgan fingerprint density at radius 1 is 1.25 bits per heavy atom. The van der Waals surface area contributed by atoms with Gasteiger partial charge in [-0.2, -0.15) is 0 Å². The smallest absolute Gasteiger partial charge is 0.253 e. The highest BCUT2D eigenvalue weighted by Crippen LogP contribution is 2.23. The quantitative estimate of drug-likeness (QED) is 0.736. The van der Waals surface area contributed by atoms with Gasteiger partial charge in [0.05, 0.1) is 6.10 Å². The lowest BCUT2D eigenvalue weighted by molar-refractivity contribution is -0.131. The maximum Gasteiger partial charge on any atom is 0.253 e. The summed E-state index contributed by atoms with van der Waals surface area (Å²) in [5.41, 5.74) is 7.29. The number of ether oxygens (including phenoxy) is 1. The minimum atomic E-state index is -0.439. The number of hydrogen-bond acceptors (Lipinski definition) is 4. The van der Waals surface area contributed by atoms with E-state index in [1.54, 1.807) is 0 Å². The average molecular weight is 409 g/mol. The van der Waals surface area contributed by atoms with Gasteiger partial charge in [0.1, 0.15) is 12.6 Å². The lowest BCUT2D eigenvalue weighted by atomic mass is 10.2. The van der Waals surface area contributed by atoms with Crippen LogP contribution in [0.5, 0.6) is 0 Å². The number of likely N-dealkylation sites (N-methyl/N-ethyl adjacent to an activating group) is 1. The van der Waals surface area contributed by atoms with E-state index in [4.69, 9.17) is 10.5 Å². The number of amides is 2. The zero-order valence-electron chi connectivity index (χ0n) is 16.4. The van der Waals surface area contributed by atoms with Crippen LogP contribution in [0.25, 0.3) is 10.9 Å². The molecule has 0 radical (unpaired) electrons. The highest BCUT2D eigenvalue weighted by molar-refractivity contribution is 5.96. The molecule has 0 saturated carbocycles. The summed E-state index contributed by atoms with van der Waals surface area (Å²) in [7, 11) is 0. The number of carbonyl (C=O) groups excluding carboxylic acids is 2. The summed E-state index contributed by atoms with van der Waals surface area (Å²) in [5.74, 6) is -0.0378. The van der Waals surface area contributed by atoms with Crippen LogP contribution in [0, 0.1) is 0 Å². The summed E-state index contributed by atoms with van der Waals surface area (Å²) in [4.78, 5) is 26.5. The zero-order chi connectivity index (χ0) is 19.4. The SMILES string of the molecule is CCN(CC)C(=O)Cn1ccc2cc(NC(=O)[C@@H]3CC[C@H](CN)O3)ccc21.Cl. The summed E-state index contributed by atoms with van der Waals surface area (Å²) in [6.45, 7) is 6.13. The Morgan fingerprint density at radius 3 is 2.64 bits per heavy atom. The first-order chi connectivity index (χ1) is 13.0. The van der Waals surface area contributed by atoms with Crippen LogP contribution >= 0.6 is 12.4 Å². The van der Waals surface area contributed by atoms with Gasteiger partial charge in [0.2, 0.25) is 5.91 Å². The third-order valence-corrected chi connectivity index (χ3v) is 5.12. The largest absolute Gasteiger partial charge is 0.364 e. The zero-order valence-corrected chi connectivity index (χ0v) is 17.2. The van der Waals surface area contributed by atoms with E-state index in [2.05, 4.69) is 5.32 Å². The Bertz CT molecular complexity index is 819. The van der Waals surface area contributed by atoms with Crippen LogP contribution in [-0.4, -0.2) is 53.1 Å². The fourth-order valence-electron chi connectivity index (χ4n) is 3.53. The third kappa shape index (κ3) is 4.84. The van der Waals surface area contributed by atoms with Crippen LogP contribution < -0.4 is 11.1 Å². The van der Waals surface area contributed by atoms with Gasteiger partial charge in [0.25, 0.3) is 5.91 Å². The Kier molecular flexibility index (Phi) is 7.86. The van der Waals surface area contributed by atoms with E-state index >= 15 is 0 Å². The van der Waals surface area contributed by atoms with E-state index in [0.717, 1.165) is 23.0 Å². The number of aromatic nitrogens is 1. The van der Waals surface area contributed by atoms with Gasteiger partial charge in [-0.05, 0) is 51.0 Å². The standard InChI is InChI=1S/C20H28N4O3.ClH/c1-3-23(4-2)19(25)13-24-10-9-14-11-15(5-7-17(14)24)22-20(26)18-8-6-16(12-21)27-18;/h5,7,9-11,16,18H,3-4,6,8,12-13,21H2,1-2H3,(H,22,26);1H/t16-,18+;/m1./s1. The Morgan fingerprint density at radius 2 is 2.00 bits per heavy atom. The van der Waals surface area contributed by atoms with Gasteiger partial charge in [-0.25, -0.2) is 0 Å². The third-order valence-electron chi connectivity index (χ3n) is 5.12. The molecule has 0 aliphatic carbocycles. The first kappa shape index (κ1) is 22.2. The molecule has 1 aromatic heterocycles. The average Bonchev–Trinajstić information content (AvgIpc) is 3.30. The maximum absolute atomic E-state index is 12.4. The van der Waals surface area contributed by atoms with E-state index in [9.17, 15) is 9.59 Å². The summed E-state index contributed by atoms with van der Waals surface area (Å²) in [6.07, 6.45) is 2.95. The molecule has 2 amide bonds. The van der Waals surface area contributed by atoms with Gasteiger partial charge in [-0.3, -0.25) is 9.59 Å². The molecule has 1 fully saturated rings. The second-order valence-corrected chi connectivity index (χ2v) is 6.83. The molecule has 8 heteroatoms. The summed E-state index contributed by atoms with van der Waals surface area (Å²) in [6, 6.07) is 7.66. The number of carbonyl (C=O) groups is 2. The molecule has 2 aromatic rings. The maximum atomic E-state index is 12.4. The van der Waals surface area contributed by atoms with Crippen LogP contribution in [0.4, 0.5) is 5.69 Å². The van der Waals surface area contributed by atoms with Crippen LogP contribution in [-0.2, 0) is 20.9 Å². The molecule has 1 aliphatic rings. The van der Waals surface area contributed by atoms with Crippen LogP contribution in [0.3, 0.4) is 0 Å². The number of halogens is 1. The fourth-order valence-corrected chi connectivity index (χ4v) is 3.53. The van der Waals surface area contributed by atoms with Crippen molar-refractivity contribution >= 4 is 40.8 Å². The Labute approximate surface area is 171 Å². The predicted molar refractivity (Wildman–Crippen MR) is 113 cm³/mol. The molecule has 1 saturated heterocycles. The van der Waals surface area contributed by atoms with Gasteiger partial charge < -0.3 is 25.3 Å². The summed E-state index contributed by atoms with van der Waals surface area (Å²) in [5, 5.41) is 3.90. The van der Waals surface area contributed by atoms with Crippen LogP contribution in [0.1, 0.15) is 26.7 Å². The molecule has 0 bridgehead atoms. The van der Waals surface area contributed by atoms with Crippen molar-refractivity contribution in [3.8, 4) is 0 Å². The first-order valence-corrected chi connectivity index (χ1v) is 9.58. The number of hydrogen-bond donors (Lipinski definition) is 2. The molecular formula is C20H29ClN4O3. The molecule has 1 aromatic carbocycles. The molecule has 28 heavy (non-hydrogen) atoms. The van der Waals surface area contributed by atoms with Crippen molar-refractivity contribution in [1.82, 2.24) is 9.47 Å². The number of nitrogens with one attached hydrogen (secondary N) is 1. The second-order valence-electron chi connectivity index (χ2n) is 6.83. The van der Waals surface area contributed by atoms with Crippen molar-refractivity contribution in [3.05, 3.63) is 30.5 Å². The highest BCUT2D eigenvalue weighted by atomic mass is 35.5. The van der Waals surface area contributed by atoms with Gasteiger partial charge in [-0.15, -0.1) is 12.4 Å². The molecule has 1 aliphatic heterocycles. The normalized spacial score (nSPS) is 18.7. The Hall–Kier alpha value is -2.09. The molecule has 3 rings (SSSR count). The van der Waals surface area contributed by atoms with Crippen LogP contribution in [0.2, 0.25) is 0 Å². The highest BCUT2D eigenvalue weighted by Gasteiger charge is 2.29. The second kappa shape index (κ2) is 9.91.